The number of unbranched alkanes of at least 4 members (excludes halogenated alkanes) is 2. The van der Waals surface area contributed by atoms with Gasteiger partial charge in [-0.15, -0.1) is 0 Å². The van der Waals surface area contributed by atoms with Crippen LogP contribution in [0.15, 0.2) is 52.0 Å². The maximum Gasteiger partial charge on any atom is 0.252 e. The van der Waals surface area contributed by atoms with Crippen LogP contribution in [-0.2, 0) is 4.79 Å². The zero-order chi connectivity index (χ0) is 21.1. The van der Waals surface area contributed by atoms with E-state index in [0.717, 1.165) is 17.3 Å². The molecule has 154 valence electrons. The topological polar surface area (TPSA) is 100 Å². The van der Waals surface area contributed by atoms with Crippen LogP contribution in [0, 0.1) is 0 Å². The van der Waals surface area contributed by atoms with Crippen LogP contribution in [0.5, 0.6) is 11.5 Å². The van der Waals surface area contributed by atoms with Gasteiger partial charge in [-0.1, -0.05) is 18.6 Å². The predicted molar refractivity (Wildman–Crippen MR) is 115 cm³/mol. The highest BCUT2D eigenvalue weighted by Gasteiger charge is 2.08. The van der Waals surface area contributed by atoms with Gasteiger partial charge >= 0.3 is 0 Å². The number of nitrogens with one attached hydrogen (secondary N) is 2. The number of hydrogen-bond donors (Lipinski definition) is 3. The number of methoxy groups -OCH3 is 1. The van der Waals surface area contributed by atoms with Crippen molar-refractivity contribution in [3.05, 3.63) is 58.1 Å². The van der Waals surface area contributed by atoms with Gasteiger partial charge in [-0.3, -0.25) is 9.59 Å². The van der Waals surface area contributed by atoms with Crippen molar-refractivity contribution in [3.8, 4) is 11.5 Å². The maximum absolute atomic E-state index is 12.1. The molecule has 0 heterocycles. The highest BCUT2D eigenvalue weighted by molar-refractivity contribution is 9.10. The minimum atomic E-state index is -0.177. The fraction of sp³-hybridized carbons (Fsp3) is 0.286. The monoisotopic (exact) mass is 461 g/mol. The maximum atomic E-state index is 12.1. The Balaban J connectivity index is 1.60. The SMILES string of the molecule is COc1cc(C=NNC(=O)CCCCCNC(=O)c2ccccc2Br)ccc1O. The zero-order valence-corrected chi connectivity index (χ0v) is 17.7. The van der Waals surface area contributed by atoms with Gasteiger partial charge in [-0.2, -0.15) is 5.10 Å². The Morgan fingerprint density at radius 1 is 1.17 bits per heavy atom. The van der Waals surface area contributed by atoms with Crippen molar-refractivity contribution in [1.82, 2.24) is 10.7 Å². The van der Waals surface area contributed by atoms with E-state index in [1.165, 1.54) is 19.4 Å². The fourth-order valence-corrected chi connectivity index (χ4v) is 3.00. The summed E-state index contributed by atoms with van der Waals surface area (Å²) >= 11 is 3.36. The first-order chi connectivity index (χ1) is 14.0. The standard InChI is InChI=1S/C21H24BrN3O4/c1-29-19-13-15(10-11-18(19)26)14-24-25-20(27)9-3-2-6-12-23-21(28)16-7-4-5-8-17(16)22/h4-5,7-8,10-11,13-14,26H,2-3,6,9,12H2,1H3,(H,23,28)(H,25,27). The summed E-state index contributed by atoms with van der Waals surface area (Å²) in [4.78, 5) is 23.9. The highest BCUT2D eigenvalue weighted by atomic mass is 79.9. The summed E-state index contributed by atoms with van der Waals surface area (Å²) in [5.41, 5.74) is 3.77. The van der Waals surface area contributed by atoms with Crippen LogP contribution in [0.1, 0.15) is 41.6 Å². The first-order valence-corrected chi connectivity index (χ1v) is 10.0. The molecule has 0 aliphatic carbocycles. The Labute approximate surface area is 178 Å². The molecule has 7 nitrogen and oxygen atoms in total. The van der Waals surface area contributed by atoms with Crippen molar-refractivity contribution in [2.45, 2.75) is 25.7 Å². The summed E-state index contributed by atoms with van der Waals surface area (Å²) in [5.74, 6) is 0.0907. The molecule has 0 bridgehead atoms. The first-order valence-electron chi connectivity index (χ1n) is 9.23. The molecule has 0 aliphatic rings. The minimum Gasteiger partial charge on any atom is -0.504 e. The van der Waals surface area contributed by atoms with Gasteiger partial charge in [0.2, 0.25) is 5.91 Å². The van der Waals surface area contributed by atoms with Gasteiger partial charge in [0, 0.05) is 17.4 Å². The molecule has 0 atom stereocenters. The number of benzene rings is 2. The molecule has 3 N–H and O–H groups in total. The summed E-state index contributed by atoms with van der Waals surface area (Å²) in [6, 6.07) is 12.0. The number of aromatic hydroxyl groups is 1. The van der Waals surface area contributed by atoms with Crippen molar-refractivity contribution < 1.29 is 19.4 Å². The van der Waals surface area contributed by atoms with E-state index >= 15 is 0 Å². The summed E-state index contributed by atoms with van der Waals surface area (Å²) in [7, 11) is 1.46. The molecule has 0 saturated heterocycles. The lowest BCUT2D eigenvalue weighted by Gasteiger charge is -2.06. The van der Waals surface area contributed by atoms with E-state index in [2.05, 4.69) is 31.8 Å². The lowest BCUT2D eigenvalue weighted by atomic mass is 10.2. The second kappa shape index (κ2) is 11.9. The van der Waals surface area contributed by atoms with Crippen molar-refractivity contribution in [1.29, 1.82) is 0 Å². The minimum absolute atomic E-state index is 0.0429. The third kappa shape index (κ3) is 7.57. The second-order valence-electron chi connectivity index (χ2n) is 6.27. The predicted octanol–water partition coefficient (Wildman–Crippen LogP) is 3.60. The van der Waals surface area contributed by atoms with Crippen molar-refractivity contribution >= 4 is 34.0 Å². The molecule has 2 rings (SSSR count). The largest absolute Gasteiger partial charge is 0.504 e. The number of rotatable bonds is 10. The summed E-state index contributed by atoms with van der Waals surface area (Å²) in [5, 5.41) is 16.3. The van der Waals surface area contributed by atoms with Crippen LogP contribution in [0.3, 0.4) is 0 Å². The first kappa shape index (κ1) is 22.4. The van der Waals surface area contributed by atoms with Gasteiger partial charge < -0.3 is 15.2 Å². The number of phenolic OH excluding ortho intramolecular Hbond substituents is 1. The molecule has 0 unspecified atom stereocenters. The van der Waals surface area contributed by atoms with Crippen LogP contribution in [0.25, 0.3) is 0 Å². The number of carbonyl (C=O) groups excluding carboxylic acids is 2. The van der Waals surface area contributed by atoms with Gasteiger partial charge in [0.15, 0.2) is 11.5 Å². The molecular weight excluding hydrogens is 438 g/mol. The summed E-state index contributed by atoms with van der Waals surface area (Å²) < 4.78 is 5.78. The Morgan fingerprint density at radius 3 is 2.72 bits per heavy atom. The highest BCUT2D eigenvalue weighted by Crippen LogP contribution is 2.25. The Kier molecular flexibility index (Phi) is 9.17. The molecule has 2 amide bonds. The van der Waals surface area contributed by atoms with Crippen LogP contribution >= 0.6 is 15.9 Å². The third-order valence-corrected chi connectivity index (χ3v) is 4.78. The molecular formula is C21H24BrN3O4. The molecule has 0 fully saturated rings. The number of ether oxygens (including phenoxy) is 1. The average molecular weight is 462 g/mol. The Bertz CT molecular complexity index is 871. The smallest absolute Gasteiger partial charge is 0.252 e. The van der Waals surface area contributed by atoms with E-state index < -0.39 is 0 Å². The van der Waals surface area contributed by atoms with Crippen LogP contribution < -0.4 is 15.5 Å². The fourth-order valence-electron chi connectivity index (χ4n) is 2.54. The number of carbonyl (C=O) groups is 2. The third-order valence-electron chi connectivity index (χ3n) is 4.09. The van der Waals surface area contributed by atoms with E-state index in [-0.39, 0.29) is 17.6 Å². The lowest BCUT2D eigenvalue weighted by Crippen LogP contribution is -2.24. The molecule has 0 radical (unpaired) electrons. The van der Waals surface area contributed by atoms with Crippen molar-refractivity contribution in [2.75, 3.05) is 13.7 Å². The summed E-state index contributed by atoms with van der Waals surface area (Å²) in [6.07, 6.45) is 4.16. The van der Waals surface area contributed by atoms with Gasteiger partial charge in [0.1, 0.15) is 0 Å². The van der Waals surface area contributed by atoms with E-state index in [9.17, 15) is 14.7 Å². The average Bonchev–Trinajstić information content (AvgIpc) is 2.72. The second-order valence-corrected chi connectivity index (χ2v) is 7.13. The van der Waals surface area contributed by atoms with Crippen molar-refractivity contribution in [3.63, 3.8) is 0 Å². The van der Waals surface area contributed by atoms with E-state index in [0.29, 0.717) is 36.3 Å². The molecule has 29 heavy (non-hydrogen) atoms. The molecule has 0 aliphatic heterocycles. The molecule has 0 spiro atoms. The number of halogens is 1. The number of nitrogens with zero attached hydrogens (tertiary/aromatic N) is 1. The van der Waals surface area contributed by atoms with Gasteiger partial charge in [-0.05, 0) is 64.7 Å². The van der Waals surface area contributed by atoms with Crippen LogP contribution in [-0.4, -0.2) is 36.8 Å². The quantitative estimate of drug-likeness (QED) is 0.285. The molecule has 2 aromatic carbocycles. The van der Waals surface area contributed by atoms with E-state index in [1.54, 1.807) is 18.2 Å². The lowest BCUT2D eigenvalue weighted by molar-refractivity contribution is -0.121. The van der Waals surface area contributed by atoms with E-state index in [1.807, 2.05) is 18.2 Å². The number of amides is 2. The van der Waals surface area contributed by atoms with Gasteiger partial charge in [-0.25, -0.2) is 5.43 Å². The van der Waals surface area contributed by atoms with Gasteiger partial charge in [0.05, 0.1) is 18.9 Å². The number of phenols is 1. The van der Waals surface area contributed by atoms with Crippen LogP contribution in [0.2, 0.25) is 0 Å². The van der Waals surface area contributed by atoms with Crippen molar-refractivity contribution in [2.24, 2.45) is 5.10 Å². The Morgan fingerprint density at radius 2 is 1.97 bits per heavy atom. The normalized spacial score (nSPS) is 10.7. The number of hydrogen-bond acceptors (Lipinski definition) is 5. The van der Waals surface area contributed by atoms with Crippen LogP contribution in [0.4, 0.5) is 0 Å². The number of hydrazone groups is 1. The van der Waals surface area contributed by atoms with Gasteiger partial charge in [0.25, 0.3) is 5.91 Å². The van der Waals surface area contributed by atoms with E-state index in [4.69, 9.17) is 4.74 Å². The Hall–Kier alpha value is -2.87. The molecule has 0 aromatic heterocycles. The zero-order valence-electron chi connectivity index (χ0n) is 16.2. The molecule has 0 saturated carbocycles. The summed E-state index contributed by atoms with van der Waals surface area (Å²) in [6.45, 7) is 0.558. The molecule has 8 heteroatoms. The molecule has 2 aromatic rings.